The normalized spacial score (nSPS) is 15.0. The van der Waals surface area contributed by atoms with Crippen molar-refractivity contribution in [1.29, 1.82) is 0 Å². The van der Waals surface area contributed by atoms with Crippen molar-refractivity contribution in [2.24, 2.45) is 0 Å². The Balaban J connectivity index is 1.89. The molecular formula is C17H14N2O2. The Morgan fingerprint density at radius 2 is 1.43 bits per heavy atom. The molecule has 0 saturated carbocycles. The lowest BCUT2D eigenvalue weighted by Crippen LogP contribution is -2.32. The molecule has 0 N–H and O–H groups in total. The molecule has 3 amide bonds. The number of amides is 3. The van der Waals surface area contributed by atoms with Gasteiger partial charge in [-0.05, 0) is 17.7 Å². The average molecular weight is 278 g/mol. The lowest BCUT2D eigenvalue weighted by atomic mass is 10.2. The van der Waals surface area contributed by atoms with E-state index in [1.807, 2.05) is 48.5 Å². The molecular weight excluding hydrogens is 264 g/mol. The fraction of sp³-hybridized carbons (Fsp3) is 0.0588. The molecule has 1 heterocycles. The molecule has 4 heteroatoms. The van der Waals surface area contributed by atoms with Gasteiger partial charge in [0.2, 0.25) is 0 Å². The molecule has 21 heavy (non-hydrogen) atoms. The molecule has 0 spiro atoms. The predicted octanol–water partition coefficient (Wildman–Crippen LogP) is 3.17. The van der Waals surface area contributed by atoms with Gasteiger partial charge in [0.15, 0.2) is 0 Å². The van der Waals surface area contributed by atoms with Gasteiger partial charge < -0.3 is 0 Å². The van der Waals surface area contributed by atoms with E-state index in [0.29, 0.717) is 5.69 Å². The lowest BCUT2D eigenvalue weighted by Gasteiger charge is -2.16. The fourth-order valence-electron chi connectivity index (χ4n) is 2.32. The van der Waals surface area contributed by atoms with E-state index in [1.54, 1.807) is 12.1 Å². The van der Waals surface area contributed by atoms with Crippen molar-refractivity contribution in [3.05, 3.63) is 78.5 Å². The highest BCUT2D eigenvalue weighted by Gasteiger charge is 2.40. The summed E-state index contributed by atoms with van der Waals surface area (Å²) in [6.07, 6.45) is 0. The minimum atomic E-state index is -0.361. The summed E-state index contributed by atoms with van der Waals surface area (Å²) in [5.41, 5.74) is 1.74. The van der Waals surface area contributed by atoms with E-state index < -0.39 is 0 Å². The third-order valence-corrected chi connectivity index (χ3v) is 3.38. The average Bonchev–Trinajstić information content (AvgIpc) is 2.73. The highest BCUT2D eigenvalue weighted by atomic mass is 16.2. The Hall–Kier alpha value is -2.88. The summed E-state index contributed by atoms with van der Waals surface area (Å²) >= 11 is 0. The van der Waals surface area contributed by atoms with Crippen LogP contribution in [0.3, 0.4) is 0 Å². The number of carbonyl (C=O) groups excluding carboxylic acids is 2. The van der Waals surface area contributed by atoms with E-state index in [0.717, 1.165) is 5.56 Å². The van der Waals surface area contributed by atoms with Crippen molar-refractivity contribution >= 4 is 17.6 Å². The van der Waals surface area contributed by atoms with Crippen LogP contribution in [0.5, 0.6) is 0 Å². The molecule has 0 aliphatic carbocycles. The Morgan fingerprint density at radius 1 is 0.857 bits per heavy atom. The topological polar surface area (TPSA) is 40.6 Å². The van der Waals surface area contributed by atoms with Crippen molar-refractivity contribution in [1.82, 2.24) is 4.90 Å². The number of hydrogen-bond acceptors (Lipinski definition) is 2. The van der Waals surface area contributed by atoms with Gasteiger partial charge in [-0.2, -0.15) is 0 Å². The molecule has 0 unspecified atom stereocenters. The van der Waals surface area contributed by atoms with Crippen LogP contribution >= 0.6 is 0 Å². The zero-order valence-electron chi connectivity index (χ0n) is 11.4. The zero-order chi connectivity index (χ0) is 14.8. The number of urea groups is 1. The second-order valence-electron chi connectivity index (χ2n) is 4.78. The Labute approximate surface area is 122 Å². The van der Waals surface area contributed by atoms with E-state index in [-0.39, 0.29) is 24.2 Å². The van der Waals surface area contributed by atoms with E-state index in [4.69, 9.17) is 0 Å². The molecule has 1 saturated heterocycles. The van der Waals surface area contributed by atoms with Gasteiger partial charge in [0.05, 0.1) is 12.2 Å². The number of benzene rings is 2. The number of nitrogens with zero attached hydrogens (tertiary/aromatic N) is 2. The first-order valence-electron chi connectivity index (χ1n) is 6.62. The number of carbonyl (C=O) groups is 2. The van der Waals surface area contributed by atoms with Crippen molar-refractivity contribution in [2.45, 2.75) is 6.54 Å². The Kier molecular flexibility index (Phi) is 3.28. The summed E-state index contributed by atoms with van der Waals surface area (Å²) in [5, 5.41) is 0. The van der Waals surface area contributed by atoms with Crippen LogP contribution in [0.25, 0.3) is 0 Å². The molecule has 0 bridgehead atoms. The van der Waals surface area contributed by atoms with E-state index in [9.17, 15) is 9.59 Å². The minimum absolute atomic E-state index is 0.183. The van der Waals surface area contributed by atoms with Crippen molar-refractivity contribution < 1.29 is 9.59 Å². The Morgan fingerprint density at radius 3 is 2.05 bits per heavy atom. The van der Waals surface area contributed by atoms with Crippen LogP contribution in [0.4, 0.5) is 10.5 Å². The predicted molar refractivity (Wildman–Crippen MR) is 80.4 cm³/mol. The van der Waals surface area contributed by atoms with Crippen molar-refractivity contribution in [2.75, 3.05) is 4.90 Å². The molecule has 4 nitrogen and oxygen atoms in total. The van der Waals surface area contributed by atoms with Crippen LogP contribution in [-0.4, -0.2) is 16.8 Å². The van der Waals surface area contributed by atoms with Gasteiger partial charge in [0, 0.05) is 0 Å². The van der Waals surface area contributed by atoms with Gasteiger partial charge in [0.1, 0.15) is 5.70 Å². The van der Waals surface area contributed by atoms with Crippen LogP contribution in [0.15, 0.2) is 72.9 Å². The maximum Gasteiger partial charge on any atom is 0.336 e. The summed E-state index contributed by atoms with van der Waals surface area (Å²) in [7, 11) is 0. The van der Waals surface area contributed by atoms with E-state index in [1.165, 1.54) is 9.80 Å². The number of anilines is 1. The summed E-state index contributed by atoms with van der Waals surface area (Å²) in [5.74, 6) is -0.354. The van der Waals surface area contributed by atoms with Gasteiger partial charge in [-0.1, -0.05) is 55.1 Å². The molecule has 1 aliphatic heterocycles. The molecule has 0 aromatic heterocycles. The lowest BCUT2D eigenvalue weighted by molar-refractivity contribution is -0.123. The molecule has 0 atom stereocenters. The number of rotatable bonds is 3. The second kappa shape index (κ2) is 5.25. The smallest absolute Gasteiger partial charge is 0.267 e. The van der Waals surface area contributed by atoms with Crippen molar-refractivity contribution in [3.63, 3.8) is 0 Å². The number of para-hydroxylation sites is 1. The second-order valence-corrected chi connectivity index (χ2v) is 4.78. The van der Waals surface area contributed by atoms with Crippen LogP contribution in [-0.2, 0) is 11.3 Å². The van der Waals surface area contributed by atoms with Gasteiger partial charge in [-0.25, -0.2) is 4.79 Å². The van der Waals surface area contributed by atoms with E-state index in [2.05, 4.69) is 6.58 Å². The molecule has 104 valence electrons. The first kappa shape index (κ1) is 13.1. The first-order chi connectivity index (χ1) is 10.2. The maximum absolute atomic E-state index is 12.5. The third-order valence-electron chi connectivity index (χ3n) is 3.38. The first-order valence-corrected chi connectivity index (χ1v) is 6.62. The van der Waals surface area contributed by atoms with Crippen molar-refractivity contribution in [3.8, 4) is 0 Å². The van der Waals surface area contributed by atoms with Crippen LogP contribution in [0.2, 0.25) is 0 Å². The summed E-state index contributed by atoms with van der Waals surface area (Å²) in [6, 6.07) is 18.1. The number of hydrogen-bond donors (Lipinski definition) is 0. The molecule has 1 aliphatic rings. The molecule has 3 rings (SSSR count). The Bertz CT molecular complexity index is 695. The third kappa shape index (κ3) is 2.31. The maximum atomic E-state index is 12.5. The molecule has 2 aromatic carbocycles. The summed E-state index contributed by atoms with van der Waals surface area (Å²) in [4.78, 5) is 27.3. The standard InChI is InChI=1S/C17H14N2O2/c1-13-16(20)18(12-14-8-4-2-5-9-14)17(21)19(13)15-10-6-3-7-11-15/h2-11H,1,12H2. The fourth-order valence-corrected chi connectivity index (χ4v) is 2.32. The SMILES string of the molecule is C=C1C(=O)N(Cc2ccccc2)C(=O)N1c1ccccc1. The zero-order valence-corrected chi connectivity index (χ0v) is 11.4. The molecule has 2 aromatic rings. The highest BCUT2D eigenvalue weighted by molar-refractivity contribution is 6.20. The van der Waals surface area contributed by atoms with Crippen LogP contribution < -0.4 is 4.90 Å². The molecule has 1 fully saturated rings. The van der Waals surface area contributed by atoms with Crippen LogP contribution in [0, 0.1) is 0 Å². The minimum Gasteiger partial charge on any atom is -0.267 e. The molecule has 0 radical (unpaired) electrons. The van der Waals surface area contributed by atoms with Crippen LogP contribution in [0.1, 0.15) is 5.56 Å². The van der Waals surface area contributed by atoms with Gasteiger partial charge in [-0.3, -0.25) is 14.6 Å². The summed E-state index contributed by atoms with van der Waals surface area (Å²) in [6.45, 7) is 4.00. The highest BCUT2D eigenvalue weighted by Crippen LogP contribution is 2.28. The largest absolute Gasteiger partial charge is 0.336 e. The number of imide groups is 1. The van der Waals surface area contributed by atoms with Gasteiger partial charge >= 0.3 is 6.03 Å². The quantitative estimate of drug-likeness (QED) is 0.639. The van der Waals surface area contributed by atoms with Gasteiger partial charge in [-0.15, -0.1) is 0 Å². The van der Waals surface area contributed by atoms with Gasteiger partial charge in [0.25, 0.3) is 5.91 Å². The van der Waals surface area contributed by atoms with E-state index >= 15 is 0 Å². The monoisotopic (exact) mass is 278 g/mol. The summed E-state index contributed by atoms with van der Waals surface area (Å²) < 4.78 is 0.